The summed E-state index contributed by atoms with van der Waals surface area (Å²) in [5, 5.41) is 18.7. The molecule has 86 valence electrons. The van der Waals surface area contributed by atoms with Crippen molar-refractivity contribution in [1.29, 1.82) is 0 Å². The van der Waals surface area contributed by atoms with Gasteiger partial charge in [-0.15, -0.1) is 0 Å². The van der Waals surface area contributed by atoms with Crippen LogP contribution in [0.2, 0.25) is 0 Å². The Morgan fingerprint density at radius 2 is 1.71 bits per heavy atom. The molecule has 0 amide bonds. The molecule has 0 aliphatic heterocycles. The molecule has 0 spiro atoms. The second kappa shape index (κ2) is 4.57. The minimum atomic E-state index is -0.718. The van der Waals surface area contributed by atoms with Gasteiger partial charge < -0.3 is 14.9 Å². The van der Waals surface area contributed by atoms with Crippen LogP contribution in [0.15, 0.2) is 48.5 Å². The molecule has 2 N–H and O–H groups in total. The first-order valence-corrected chi connectivity index (χ1v) is 4.96. The Hall–Kier alpha value is -2.49. The van der Waals surface area contributed by atoms with Crippen molar-refractivity contribution < 1.29 is 19.7 Å². The molecule has 0 unspecified atom stereocenters. The molecule has 4 nitrogen and oxygen atoms in total. The highest BCUT2D eigenvalue weighted by atomic mass is 16.5. The van der Waals surface area contributed by atoms with E-state index < -0.39 is 5.97 Å². The fourth-order valence-corrected chi connectivity index (χ4v) is 1.34. The number of aromatic hydroxyl groups is 2. The number of carbonyl (C=O) groups excluding carboxylic acids is 1. The predicted molar refractivity (Wildman–Crippen MR) is 61.2 cm³/mol. The van der Waals surface area contributed by atoms with Crippen molar-refractivity contribution in [3.63, 3.8) is 0 Å². The number of ether oxygens (including phenoxy) is 1. The molecule has 0 saturated carbocycles. The molecule has 0 atom stereocenters. The largest absolute Gasteiger partial charge is 0.508 e. The van der Waals surface area contributed by atoms with E-state index in [4.69, 9.17) is 4.74 Å². The summed E-state index contributed by atoms with van der Waals surface area (Å²) in [6, 6.07) is 12.2. The fraction of sp³-hybridized carbons (Fsp3) is 0. The molecule has 4 heteroatoms. The van der Waals surface area contributed by atoms with Crippen LogP contribution in [0.25, 0.3) is 0 Å². The van der Waals surface area contributed by atoms with Gasteiger partial charge in [0.25, 0.3) is 0 Å². The Labute approximate surface area is 97.7 Å². The van der Waals surface area contributed by atoms with Crippen LogP contribution in [-0.4, -0.2) is 16.2 Å². The molecule has 0 fully saturated rings. The lowest BCUT2D eigenvalue weighted by molar-refractivity contribution is 0.0731. The normalized spacial score (nSPS) is 9.88. The van der Waals surface area contributed by atoms with E-state index in [-0.39, 0.29) is 17.1 Å². The number of hydrogen-bond acceptors (Lipinski definition) is 4. The summed E-state index contributed by atoms with van der Waals surface area (Å²) in [4.78, 5) is 11.7. The van der Waals surface area contributed by atoms with E-state index in [0.29, 0.717) is 5.75 Å². The van der Waals surface area contributed by atoms with Crippen LogP contribution in [0.5, 0.6) is 17.2 Å². The average Bonchev–Trinajstić information content (AvgIpc) is 2.33. The number of benzene rings is 2. The van der Waals surface area contributed by atoms with Crippen molar-refractivity contribution in [1.82, 2.24) is 0 Å². The predicted octanol–water partition coefficient (Wildman–Crippen LogP) is 2.32. The summed E-state index contributed by atoms with van der Waals surface area (Å²) < 4.78 is 5.03. The van der Waals surface area contributed by atoms with Crippen LogP contribution < -0.4 is 4.74 Å². The molecular weight excluding hydrogens is 220 g/mol. The molecule has 0 radical (unpaired) electrons. The van der Waals surface area contributed by atoms with E-state index >= 15 is 0 Å². The van der Waals surface area contributed by atoms with E-state index in [1.807, 2.05) is 0 Å². The molecule has 0 aromatic heterocycles. The molecule has 2 aromatic rings. The second-order valence-corrected chi connectivity index (χ2v) is 3.40. The first-order chi connectivity index (χ1) is 8.16. The third kappa shape index (κ3) is 2.55. The van der Waals surface area contributed by atoms with Gasteiger partial charge in [0, 0.05) is 0 Å². The number of phenolic OH excluding ortho intramolecular Hbond substituents is 2. The molecule has 0 aliphatic carbocycles. The smallest absolute Gasteiger partial charge is 0.347 e. The number of carbonyl (C=O) groups is 1. The van der Waals surface area contributed by atoms with Gasteiger partial charge in [0.2, 0.25) is 0 Å². The molecule has 0 heterocycles. The van der Waals surface area contributed by atoms with Gasteiger partial charge in [-0.1, -0.05) is 18.2 Å². The van der Waals surface area contributed by atoms with Crippen LogP contribution in [0.3, 0.4) is 0 Å². The number of para-hydroxylation sites is 1. The zero-order valence-corrected chi connectivity index (χ0v) is 8.83. The topological polar surface area (TPSA) is 66.8 Å². The van der Waals surface area contributed by atoms with Gasteiger partial charge >= 0.3 is 5.97 Å². The summed E-state index contributed by atoms with van der Waals surface area (Å²) in [5.74, 6) is -0.684. The highest BCUT2D eigenvalue weighted by Gasteiger charge is 2.14. The molecule has 0 bridgehead atoms. The number of rotatable bonds is 2. The monoisotopic (exact) mass is 230 g/mol. The molecule has 17 heavy (non-hydrogen) atoms. The van der Waals surface area contributed by atoms with Crippen molar-refractivity contribution >= 4 is 5.97 Å². The zero-order chi connectivity index (χ0) is 12.3. The minimum Gasteiger partial charge on any atom is -0.508 e. The Morgan fingerprint density at radius 3 is 2.41 bits per heavy atom. The quantitative estimate of drug-likeness (QED) is 0.472. The second-order valence-electron chi connectivity index (χ2n) is 3.40. The summed E-state index contributed by atoms with van der Waals surface area (Å²) in [7, 11) is 0. The Bertz CT molecular complexity index is 534. The first-order valence-electron chi connectivity index (χ1n) is 4.96. The van der Waals surface area contributed by atoms with E-state index in [0.717, 1.165) is 6.07 Å². The lowest BCUT2D eigenvalue weighted by Gasteiger charge is -2.05. The highest BCUT2D eigenvalue weighted by molar-refractivity contribution is 5.94. The molecule has 2 rings (SSSR count). The van der Waals surface area contributed by atoms with Gasteiger partial charge in [0.1, 0.15) is 22.8 Å². The van der Waals surface area contributed by atoms with Crippen LogP contribution in [0, 0.1) is 0 Å². The van der Waals surface area contributed by atoms with Gasteiger partial charge in [-0.3, -0.25) is 0 Å². The lowest BCUT2D eigenvalue weighted by atomic mass is 10.2. The summed E-state index contributed by atoms with van der Waals surface area (Å²) in [6.45, 7) is 0. The number of esters is 1. The third-order valence-electron chi connectivity index (χ3n) is 2.15. The first kappa shape index (κ1) is 11.0. The maximum Gasteiger partial charge on any atom is 0.347 e. The van der Waals surface area contributed by atoms with Crippen molar-refractivity contribution in [2.75, 3.05) is 0 Å². The van der Waals surface area contributed by atoms with E-state index in [2.05, 4.69) is 0 Å². The minimum absolute atomic E-state index is 0.0751. The SMILES string of the molecule is O=C(Oc1ccccc1)c1cc(O)ccc1O. The van der Waals surface area contributed by atoms with Gasteiger partial charge in [0.15, 0.2) is 0 Å². The van der Waals surface area contributed by atoms with Gasteiger partial charge in [-0.25, -0.2) is 4.79 Å². The van der Waals surface area contributed by atoms with Crippen LogP contribution in [0.4, 0.5) is 0 Å². The van der Waals surface area contributed by atoms with Crippen LogP contribution >= 0.6 is 0 Å². The summed E-state index contributed by atoms with van der Waals surface area (Å²) >= 11 is 0. The molecular formula is C13H10O4. The fourth-order valence-electron chi connectivity index (χ4n) is 1.34. The standard InChI is InChI=1S/C13H10O4/c14-9-6-7-12(15)11(8-9)13(16)17-10-4-2-1-3-5-10/h1-8,14-15H. The Morgan fingerprint density at radius 1 is 1.00 bits per heavy atom. The Kier molecular flexibility index (Phi) is 2.96. The lowest BCUT2D eigenvalue weighted by Crippen LogP contribution is -2.08. The van der Waals surface area contributed by atoms with Gasteiger partial charge in [0.05, 0.1) is 0 Å². The van der Waals surface area contributed by atoms with E-state index in [1.165, 1.54) is 12.1 Å². The van der Waals surface area contributed by atoms with Crippen LogP contribution in [-0.2, 0) is 0 Å². The third-order valence-corrected chi connectivity index (χ3v) is 2.15. The van der Waals surface area contributed by atoms with Gasteiger partial charge in [-0.05, 0) is 30.3 Å². The Balaban J connectivity index is 2.23. The van der Waals surface area contributed by atoms with Crippen molar-refractivity contribution in [3.8, 4) is 17.2 Å². The van der Waals surface area contributed by atoms with Gasteiger partial charge in [-0.2, -0.15) is 0 Å². The van der Waals surface area contributed by atoms with Crippen LogP contribution in [0.1, 0.15) is 10.4 Å². The maximum absolute atomic E-state index is 11.7. The van der Waals surface area contributed by atoms with E-state index in [9.17, 15) is 15.0 Å². The van der Waals surface area contributed by atoms with Crippen molar-refractivity contribution in [2.24, 2.45) is 0 Å². The van der Waals surface area contributed by atoms with Crippen molar-refractivity contribution in [2.45, 2.75) is 0 Å². The summed E-state index contributed by atoms with van der Waals surface area (Å²) in [5.41, 5.74) is -0.0751. The molecule has 2 aromatic carbocycles. The highest BCUT2D eigenvalue weighted by Crippen LogP contribution is 2.23. The summed E-state index contributed by atoms with van der Waals surface area (Å²) in [6.07, 6.45) is 0. The maximum atomic E-state index is 11.7. The van der Waals surface area contributed by atoms with E-state index in [1.54, 1.807) is 30.3 Å². The number of phenols is 2. The van der Waals surface area contributed by atoms with Crippen molar-refractivity contribution in [3.05, 3.63) is 54.1 Å². The average molecular weight is 230 g/mol. The molecule has 0 saturated heterocycles. The number of hydrogen-bond donors (Lipinski definition) is 2. The zero-order valence-electron chi connectivity index (χ0n) is 8.83. The molecule has 0 aliphatic rings.